The first kappa shape index (κ1) is 21.5. The van der Waals surface area contributed by atoms with E-state index in [0.29, 0.717) is 5.92 Å². The quantitative estimate of drug-likeness (QED) is 0.355. The maximum atomic E-state index is 4.38. The van der Waals surface area contributed by atoms with E-state index in [0.717, 1.165) is 25.0 Å². The minimum Gasteiger partial charge on any atom is -0.356 e. The molecule has 0 aromatic heterocycles. The number of nitrogens with one attached hydrogen (secondary N) is 2. The van der Waals surface area contributed by atoms with Gasteiger partial charge in [0.25, 0.3) is 0 Å². The van der Waals surface area contributed by atoms with Crippen molar-refractivity contribution in [3.05, 3.63) is 0 Å². The first-order valence-corrected chi connectivity index (χ1v) is 11.1. The van der Waals surface area contributed by atoms with Crippen molar-refractivity contribution < 1.29 is 0 Å². The fourth-order valence-corrected chi connectivity index (χ4v) is 4.35. The zero-order valence-corrected chi connectivity index (χ0v) is 17.6. The van der Waals surface area contributed by atoms with Crippen LogP contribution in [0.4, 0.5) is 0 Å². The summed E-state index contributed by atoms with van der Waals surface area (Å²) in [6.45, 7) is 13.9. The van der Waals surface area contributed by atoms with Crippen molar-refractivity contribution in [3.8, 4) is 0 Å². The van der Waals surface area contributed by atoms with Crippen molar-refractivity contribution in [2.75, 3.05) is 59.4 Å². The average Bonchev–Trinajstić information content (AvgIpc) is 3.18. The molecule has 0 spiro atoms. The van der Waals surface area contributed by atoms with Gasteiger partial charge in [0.1, 0.15) is 0 Å². The van der Waals surface area contributed by atoms with Gasteiger partial charge >= 0.3 is 0 Å². The van der Waals surface area contributed by atoms with Crippen molar-refractivity contribution in [3.63, 3.8) is 0 Å². The second-order valence-electron chi connectivity index (χ2n) is 8.37. The molecule has 26 heavy (non-hydrogen) atoms. The summed E-state index contributed by atoms with van der Waals surface area (Å²) in [4.78, 5) is 9.53. The molecule has 1 aliphatic heterocycles. The van der Waals surface area contributed by atoms with Crippen LogP contribution in [0, 0.1) is 11.8 Å². The van der Waals surface area contributed by atoms with Crippen LogP contribution in [0.5, 0.6) is 0 Å². The first-order chi connectivity index (χ1) is 12.7. The normalized spacial score (nSPS) is 21.9. The van der Waals surface area contributed by atoms with Gasteiger partial charge in [0.15, 0.2) is 5.96 Å². The van der Waals surface area contributed by atoms with E-state index >= 15 is 0 Å². The third-order valence-corrected chi connectivity index (χ3v) is 6.13. The zero-order chi connectivity index (χ0) is 18.6. The van der Waals surface area contributed by atoms with E-state index in [1.165, 1.54) is 84.2 Å². The number of unbranched alkanes of at least 4 members (excludes halogenated alkanes) is 1. The molecule has 152 valence electrons. The molecule has 0 radical (unpaired) electrons. The van der Waals surface area contributed by atoms with Crippen LogP contribution in [0.1, 0.15) is 58.8 Å². The maximum Gasteiger partial charge on any atom is 0.190 e. The Morgan fingerprint density at radius 2 is 1.73 bits per heavy atom. The molecule has 0 amide bonds. The van der Waals surface area contributed by atoms with Crippen LogP contribution in [0.3, 0.4) is 0 Å². The summed E-state index contributed by atoms with van der Waals surface area (Å²) in [6, 6.07) is 0. The molecule has 1 unspecified atom stereocenters. The van der Waals surface area contributed by atoms with E-state index in [1.54, 1.807) is 0 Å². The number of hydrogen-bond donors (Lipinski definition) is 2. The van der Waals surface area contributed by atoms with E-state index in [4.69, 9.17) is 0 Å². The summed E-state index contributed by atoms with van der Waals surface area (Å²) in [5.41, 5.74) is 0. The Morgan fingerprint density at radius 1 is 1.04 bits per heavy atom. The zero-order valence-electron chi connectivity index (χ0n) is 17.6. The smallest absolute Gasteiger partial charge is 0.190 e. The fraction of sp³-hybridized carbons (Fsp3) is 0.952. The number of guanidine groups is 1. The number of piperazine rings is 1. The van der Waals surface area contributed by atoms with E-state index in [9.17, 15) is 0 Å². The van der Waals surface area contributed by atoms with Gasteiger partial charge in [-0.05, 0) is 24.8 Å². The molecule has 5 heteroatoms. The summed E-state index contributed by atoms with van der Waals surface area (Å²) in [5, 5.41) is 7.00. The van der Waals surface area contributed by atoms with Gasteiger partial charge in [-0.25, -0.2) is 0 Å². The SMILES string of the molecule is CCN1CCN(CC(C)CNC(=NC)NCCCCC2CCCC2)CC1. The summed E-state index contributed by atoms with van der Waals surface area (Å²) in [6.07, 6.45) is 9.92. The fourth-order valence-electron chi connectivity index (χ4n) is 4.35. The number of nitrogens with zero attached hydrogens (tertiary/aromatic N) is 3. The monoisotopic (exact) mass is 365 g/mol. The minimum atomic E-state index is 0.643. The molecular weight excluding hydrogens is 322 g/mol. The van der Waals surface area contributed by atoms with Crippen molar-refractivity contribution in [2.24, 2.45) is 16.8 Å². The number of aliphatic imine (C=N–C) groups is 1. The number of hydrogen-bond acceptors (Lipinski definition) is 3. The predicted octanol–water partition coefficient (Wildman–Crippen LogP) is 2.79. The predicted molar refractivity (Wildman–Crippen MR) is 113 cm³/mol. The topological polar surface area (TPSA) is 42.9 Å². The second kappa shape index (κ2) is 12.6. The van der Waals surface area contributed by atoms with Gasteiger partial charge < -0.3 is 20.4 Å². The first-order valence-electron chi connectivity index (χ1n) is 11.1. The van der Waals surface area contributed by atoms with Gasteiger partial charge in [0.2, 0.25) is 0 Å². The molecular formula is C21H43N5. The molecule has 5 nitrogen and oxygen atoms in total. The van der Waals surface area contributed by atoms with Crippen molar-refractivity contribution >= 4 is 5.96 Å². The number of rotatable bonds is 10. The van der Waals surface area contributed by atoms with Gasteiger partial charge in [-0.1, -0.05) is 52.4 Å². The molecule has 0 bridgehead atoms. The Kier molecular flexibility index (Phi) is 10.4. The van der Waals surface area contributed by atoms with Crippen LogP contribution in [0.2, 0.25) is 0 Å². The third-order valence-electron chi connectivity index (χ3n) is 6.13. The summed E-state index contributed by atoms with van der Waals surface area (Å²) in [7, 11) is 1.88. The minimum absolute atomic E-state index is 0.643. The molecule has 2 aliphatic rings. The van der Waals surface area contributed by atoms with Crippen LogP contribution >= 0.6 is 0 Å². The van der Waals surface area contributed by atoms with Crippen LogP contribution in [0.25, 0.3) is 0 Å². The number of likely N-dealkylation sites (N-methyl/N-ethyl adjacent to an activating group) is 1. The summed E-state index contributed by atoms with van der Waals surface area (Å²) >= 11 is 0. The Bertz CT molecular complexity index is 384. The molecule has 1 aliphatic carbocycles. The van der Waals surface area contributed by atoms with Crippen LogP contribution < -0.4 is 10.6 Å². The lowest BCUT2D eigenvalue weighted by molar-refractivity contribution is 0.124. The Balaban J connectivity index is 1.50. The molecule has 0 aromatic rings. The van der Waals surface area contributed by atoms with Crippen molar-refractivity contribution in [1.29, 1.82) is 0 Å². The largest absolute Gasteiger partial charge is 0.356 e. The summed E-state index contributed by atoms with van der Waals surface area (Å²) < 4.78 is 0. The maximum absolute atomic E-state index is 4.38. The van der Waals surface area contributed by atoms with Crippen LogP contribution in [-0.2, 0) is 0 Å². The highest BCUT2D eigenvalue weighted by molar-refractivity contribution is 5.79. The third kappa shape index (κ3) is 8.26. The van der Waals surface area contributed by atoms with Gasteiger partial charge in [-0.3, -0.25) is 4.99 Å². The lowest BCUT2D eigenvalue weighted by atomic mass is 10.0. The van der Waals surface area contributed by atoms with E-state index in [1.807, 2.05) is 7.05 Å². The van der Waals surface area contributed by atoms with E-state index in [-0.39, 0.29) is 0 Å². The standard InChI is InChI=1S/C21H43N5/c1-4-25-13-15-26(16-14-25)18-19(2)17-24-21(22-3)23-12-8-7-11-20-9-5-6-10-20/h19-20H,4-18H2,1-3H3,(H2,22,23,24). The highest BCUT2D eigenvalue weighted by atomic mass is 15.3. The van der Waals surface area contributed by atoms with Crippen LogP contribution in [-0.4, -0.2) is 75.2 Å². The van der Waals surface area contributed by atoms with Gasteiger partial charge in [0.05, 0.1) is 0 Å². The Hall–Kier alpha value is -0.810. The Labute approximate surface area is 162 Å². The van der Waals surface area contributed by atoms with E-state index in [2.05, 4.69) is 39.3 Å². The second-order valence-corrected chi connectivity index (χ2v) is 8.37. The molecule has 1 saturated carbocycles. The van der Waals surface area contributed by atoms with E-state index < -0.39 is 0 Å². The molecule has 2 N–H and O–H groups in total. The van der Waals surface area contributed by atoms with Crippen molar-refractivity contribution in [2.45, 2.75) is 58.8 Å². The molecule has 0 aromatic carbocycles. The van der Waals surface area contributed by atoms with Gasteiger partial charge in [-0.2, -0.15) is 0 Å². The van der Waals surface area contributed by atoms with Gasteiger partial charge in [0, 0.05) is 52.9 Å². The molecule has 2 fully saturated rings. The Morgan fingerprint density at radius 3 is 2.38 bits per heavy atom. The highest BCUT2D eigenvalue weighted by Gasteiger charge is 2.17. The molecule has 2 rings (SSSR count). The molecule has 1 atom stereocenters. The summed E-state index contributed by atoms with van der Waals surface area (Å²) in [5.74, 6) is 2.63. The van der Waals surface area contributed by atoms with Crippen molar-refractivity contribution in [1.82, 2.24) is 20.4 Å². The lowest BCUT2D eigenvalue weighted by Gasteiger charge is -2.35. The lowest BCUT2D eigenvalue weighted by Crippen LogP contribution is -2.48. The average molecular weight is 366 g/mol. The van der Waals surface area contributed by atoms with Gasteiger partial charge in [-0.15, -0.1) is 0 Å². The van der Waals surface area contributed by atoms with Crippen LogP contribution in [0.15, 0.2) is 4.99 Å². The highest BCUT2D eigenvalue weighted by Crippen LogP contribution is 2.28. The molecule has 1 saturated heterocycles. The molecule has 1 heterocycles.